The molecule has 2 heterocycles. The maximum atomic E-state index is 13.0. The summed E-state index contributed by atoms with van der Waals surface area (Å²) in [4.78, 5) is 26.3. The van der Waals surface area contributed by atoms with Gasteiger partial charge in [0.05, 0.1) is 16.4 Å². The summed E-state index contributed by atoms with van der Waals surface area (Å²) in [5.74, 6) is -0.380. The van der Waals surface area contributed by atoms with Gasteiger partial charge in [0.15, 0.2) is 0 Å². The lowest BCUT2D eigenvalue weighted by atomic mass is 10.2. The summed E-state index contributed by atoms with van der Waals surface area (Å²) in [5.41, 5.74) is 2.46. The van der Waals surface area contributed by atoms with Gasteiger partial charge in [-0.15, -0.1) is 11.3 Å². The molecule has 4 rings (SSSR count). The van der Waals surface area contributed by atoms with Crippen LogP contribution in [0.15, 0.2) is 53.3 Å². The molecule has 1 N–H and O–H groups in total. The SMILES string of the molecule is Cc1ccc2c(Cl)c(C(=O)Nc3c(C)n(C)n(-c4ccccc4)c3=O)sc2c1. The van der Waals surface area contributed by atoms with E-state index in [0.717, 1.165) is 21.3 Å². The molecule has 2 aromatic heterocycles. The predicted molar refractivity (Wildman–Crippen MR) is 115 cm³/mol. The number of hydrogen-bond donors (Lipinski definition) is 1. The minimum atomic E-state index is -0.380. The molecular weight excluding hydrogens is 394 g/mol. The largest absolute Gasteiger partial charge is 0.315 e. The first-order valence-electron chi connectivity index (χ1n) is 8.72. The summed E-state index contributed by atoms with van der Waals surface area (Å²) in [5, 5.41) is 4.03. The van der Waals surface area contributed by atoms with Gasteiger partial charge in [-0.25, -0.2) is 4.68 Å². The van der Waals surface area contributed by atoms with Gasteiger partial charge in [0, 0.05) is 17.1 Å². The molecule has 0 unspecified atom stereocenters. The first-order chi connectivity index (χ1) is 13.4. The smallest absolute Gasteiger partial charge is 0.295 e. The van der Waals surface area contributed by atoms with Gasteiger partial charge in [0.1, 0.15) is 10.6 Å². The Morgan fingerprint density at radius 1 is 1.11 bits per heavy atom. The highest BCUT2D eigenvalue weighted by Crippen LogP contribution is 2.36. The van der Waals surface area contributed by atoms with Crippen molar-refractivity contribution in [2.75, 3.05) is 5.32 Å². The molecule has 5 nitrogen and oxygen atoms in total. The third-order valence-electron chi connectivity index (χ3n) is 4.78. The second-order valence-electron chi connectivity index (χ2n) is 6.64. The second-order valence-corrected chi connectivity index (χ2v) is 8.07. The quantitative estimate of drug-likeness (QED) is 0.520. The summed E-state index contributed by atoms with van der Waals surface area (Å²) in [6.45, 7) is 3.79. The highest BCUT2D eigenvalue weighted by Gasteiger charge is 2.22. The number of thiophene rings is 1. The van der Waals surface area contributed by atoms with Crippen molar-refractivity contribution < 1.29 is 4.79 Å². The van der Waals surface area contributed by atoms with E-state index in [4.69, 9.17) is 11.6 Å². The van der Waals surface area contributed by atoms with E-state index in [1.807, 2.05) is 55.5 Å². The van der Waals surface area contributed by atoms with E-state index in [2.05, 4.69) is 5.32 Å². The Bertz CT molecular complexity index is 1270. The molecule has 2 aromatic carbocycles. The number of para-hydroxylation sites is 1. The number of fused-ring (bicyclic) bond motifs is 1. The molecule has 0 radical (unpaired) electrons. The number of benzene rings is 2. The molecule has 0 aliphatic carbocycles. The lowest BCUT2D eigenvalue weighted by molar-refractivity contribution is 0.103. The van der Waals surface area contributed by atoms with Crippen molar-refractivity contribution in [2.24, 2.45) is 7.05 Å². The number of carbonyl (C=O) groups excluding carboxylic acids is 1. The molecule has 4 aromatic rings. The minimum absolute atomic E-state index is 0.251. The van der Waals surface area contributed by atoms with E-state index in [1.54, 1.807) is 18.7 Å². The van der Waals surface area contributed by atoms with Crippen LogP contribution in [0.2, 0.25) is 5.02 Å². The normalized spacial score (nSPS) is 11.1. The van der Waals surface area contributed by atoms with Crippen LogP contribution >= 0.6 is 22.9 Å². The Labute approximate surface area is 170 Å². The Morgan fingerprint density at radius 2 is 1.82 bits per heavy atom. The fourth-order valence-electron chi connectivity index (χ4n) is 3.20. The van der Waals surface area contributed by atoms with Gasteiger partial charge >= 0.3 is 0 Å². The topological polar surface area (TPSA) is 56.0 Å². The van der Waals surface area contributed by atoms with Crippen LogP contribution in [0.3, 0.4) is 0 Å². The van der Waals surface area contributed by atoms with Crippen molar-refractivity contribution in [3.05, 3.63) is 80.0 Å². The molecule has 28 heavy (non-hydrogen) atoms. The molecule has 0 aliphatic rings. The lowest BCUT2D eigenvalue weighted by Crippen LogP contribution is -2.22. The van der Waals surface area contributed by atoms with Gasteiger partial charge in [0.25, 0.3) is 11.5 Å². The Kier molecular flexibility index (Phi) is 4.61. The third-order valence-corrected chi connectivity index (χ3v) is 6.44. The number of hydrogen-bond acceptors (Lipinski definition) is 3. The number of nitrogens with one attached hydrogen (secondary N) is 1. The van der Waals surface area contributed by atoms with Crippen LogP contribution in [0.4, 0.5) is 5.69 Å². The summed E-state index contributed by atoms with van der Waals surface area (Å²) < 4.78 is 4.20. The number of aryl methyl sites for hydroxylation is 1. The van der Waals surface area contributed by atoms with Gasteiger partial charge < -0.3 is 5.32 Å². The van der Waals surface area contributed by atoms with Crippen LogP contribution < -0.4 is 10.9 Å². The lowest BCUT2D eigenvalue weighted by Gasteiger charge is -2.07. The second kappa shape index (κ2) is 6.96. The molecule has 142 valence electrons. The standard InChI is InChI=1S/C21H18ClN3O2S/c1-12-9-10-15-16(11-12)28-19(17(15)22)20(26)23-18-13(2)24(3)25(21(18)27)14-7-5-4-6-8-14/h4-11H,1-3H3,(H,23,26). The highest BCUT2D eigenvalue weighted by atomic mass is 35.5. The van der Waals surface area contributed by atoms with Gasteiger partial charge in [-0.1, -0.05) is 41.9 Å². The van der Waals surface area contributed by atoms with Crippen molar-refractivity contribution >= 4 is 44.6 Å². The van der Waals surface area contributed by atoms with Crippen LogP contribution in [0, 0.1) is 13.8 Å². The molecule has 7 heteroatoms. The zero-order valence-corrected chi connectivity index (χ0v) is 17.2. The first kappa shape index (κ1) is 18.5. The Balaban J connectivity index is 1.75. The molecule has 0 fully saturated rings. The fourth-order valence-corrected chi connectivity index (χ4v) is 4.71. The molecule has 0 saturated carbocycles. The average molecular weight is 412 g/mol. The van der Waals surface area contributed by atoms with E-state index in [1.165, 1.54) is 16.0 Å². The minimum Gasteiger partial charge on any atom is -0.315 e. The van der Waals surface area contributed by atoms with Crippen molar-refractivity contribution in [3.63, 3.8) is 0 Å². The van der Waals surface area contributed by atoms with Crippen LogP contribution in [0.25, 0.3) is 15.8 Å². The molecule has 0 spiro atoms. The van der Waals surface area contributed by atoms with Crippen molar-refractivity contribution in [3.8, 4) is 5.69 Å². The maximum absolute atomic E-state index is 13.0. The molecule has 0 saturated heterocycles. The fraction of sp³-hybridized carbons (Fsp3) is 0.143. The summed E-state index contributed by atoms with van der Waals surface area (Å²) >= 11 is 7.77. The highest BCUT2D eigenvalue weighted by molar-refractivity contribution is 7.21. The van der Waals surface area contributed by atoms with E-state index < -0.39 is 0 Å². The van der Waals surface area contributed by atoms with Crippen LogP contribution in [0.5, 0.6) is 0 Å². The zero-order valence-electron chi connectivity index (χ0n) is 15.6. The van der Waals surface area contributed by atoms with Gasteiger partial charge in [-0.05, 0) is 37.6 Å². The van der Waals surface area contributed by atoms with Gasteiger partial charge in [-0.3, -0.25) is 14.3 Å². The van der Waals surface area contributed by atoms with Crippen LogP contribution in [-0.4, -0.2) is 15.3 Å². The molecule has 0 bridgehead atoms. The maximum Gasteiger partial charge on any atom is 0.295 e. The number of nitrogens with zero attached hydrogens (tertiary/aromatic N) is 2. The summed E-state index contributed by atoms with van der Waals surface area (Å²) in [6, 6.07) is 15.2. The Morgan fingerprint density at radius 3 is 2.54 bits per heavy atom. The number of anilines is 1. The van der Waals surface area contributed by atoms with Crippen LogP contribution in [0.1, 0.15) is 20.9 Å². The molecule has 0 atom stereocenters. The van der Waals surface area contributed by atoms with Crippen molar-refractivity contribution in [2.45, 2.75) is 13.8 Å². The number of rotatable bonds is 3. The predicted octanol–water partition coefficient (Wildman–Crippen LogP) is 4.91. The van der Waals surface area contributed by atoms with E-state index in [-0.39, 0.29) is 17.2 Å². The van der Waals surface area contributed by atoms with Crippen molar-refractivity contribution in [1.82, 2.24) is 9.36 Å². The zero-order chi connectivity index (χ0) is 20.0. The number of carbonyl (C=O) groups is 1. The summed E-state index contributed by atoms with van der Waals surface area (Å²) in [7, 11) is 1.79. The van der Waals surface area contributed by atoms with E-state index >= 15 is 0 Å². The van der Waals surface area contributed by atoms with Gasteiger partial charge in [0.2, 0.25) is 0 Å². The molecule has 0 aliphatic heterocycles. The molecular formula is C21H18ClN3O2S. The third kappa shape index (κ3) is 2.95. The number of halogens is 1. The Hall–Kier alpha value is -2.83. The number of amides is 1. The van der Waals surface area contributed by atoms with E-state index in [0.29, 0.717) is 15.6 Å². The summed E-state index contributed by atoms with van der Waals surface area (Å²) in [6.07, 6.45) is 0. The monoisotopic (exact) mass is 411 g/mol. The van der Waals surface area contributed by atoms with E-state index in [9.17, 15) is 9.59 Å². The van der Waals surface area contributed by atoms with Gasteiger partial charge in [-0.2, -0.15) is 0 Å². The van der Waals surface area contributed by atoms with Crippen molar-refractivity contribution in [1.29, 1.82) is 0 Å². The first-order valence-corrected chi connectivity index (χ1v) is 9.92. The number of aromatic nitrogens is 2. The average Bonchev–Trinajstić information content (AvgIpc) is 3.11. The van der Waals surface area contributed by atoms with Crippen LogP contribution in [-0.2, 0) is 7.05 Å². The molecule has 1 amide bonds.